The second kappa shape index (κ2) is 7.37. The van der Waals surface area contributed by atoms with E-state index < -0.39 is 20.1 Å². The maximum atomic E-state index is 13.0. The Morgan fingerprint density at radius 1 is 1.31 bits per heavy atom. The number of carbonyl (C=O) groups is 1. The van der Waals surface area contributed by atoms with E-state index in [0.717, 1.165) is 16.9 Å². The number of sulfone groups is 1. The van der Waals surface area contributed by atoms with Gasteiger partial charge in [-0.05, 0) is 44.5 Å². The van der Waals surface area contributed by atoms with Crippen molar-refractivity contribution >= 4 is 44.5 Å². The van der Waals surface area contributed by atoms with E-state index in [1.165, 1.54) is 32.0 Å². The van der Waals surface area contributed by atoms with Gasteiger partial charge >= 0.3 is 0 Å². The fraction of sp³-hybridized carbons (Fsp3) is 0.368. The van der Waals surface area contributed by atoms with Crippen molar-refractivity contribution < 1.29 is 17.6 Å². The fourth-order valence-corrected chi connectivity index (χ4v) is 6.29. The number of hydrogen-bond donors (Lipinski definition) is 2. The third kappa shape index (κ3) is 4.04. The molecule has 0 unspecified atom stereocenters. The molecule has 29 heavy (non-hydrogen) atoms. The molecule has 0 saturated heterocycles. The minimum atomic E-state index is -3.58. The Morgan fingerprint density at radius 3 is 2.52 bits per heavy atom. The van der Waals surface area contributed by atoms with E-state index in [2.05, 4.69) is 10.3 Å². The largest absolute Gasteiger partial charge is 0.386 e. The highest BCUT2D eigenvalue weighted by Gasteiger charge is 2.49. The number of benzene rings is 1. The summed E-state index contributed by atoms with van der Waals surface area (Å²) in [4.78, 5) is 17.8. The van der Waals surface area contributed by atoms with E-state index in [9.17, 15) is 17.6 Å². The second-order valence-corrected chi connectivity index (χ2v) is 11.6. The average Bonchev–Trinajstić information content (AvgIpc) is 3.02. The lowest BCUT2D eigenvalue weighted by Gasteiger charge is -2.37. The maximum absolute atomic E-state index is 13.0. The number of carbonyl (C=O) groups excluding carboxylic acids is 1. The highest BCUT2D eigenvalue weighted by molar-refractivity contribution is 7.93. The SMILES string of the molecule is CC1(C)C(N)=N[C@](C)(c2sc(C(=O)NCc3ccc(F)cc3)cc2Cl)CS1(=O)=O. The van der Waals surface area contributed by atoms with E-state index in [-0.39, 0.29) is 34.9 Å². The van der Waals surface area contributed by atoms with Gasteiger partial charge in [-0.25, -0.2) is 12.8 Å². The van der Waals surface area contributed by atoms with Crippen LogP contribution in [0.1, 0.15) is 40.9 Å². The summed E-state index contributed by atoms with van der Waals surface area (Å²) in [7, 11) is -3.58. The fourth-order valence-electron chi connectivity index (χ4n) is 2.98. The van der Waals surface area contributed by atoms with Gasteiger partial charge in [-0.3, -0.25) is 9.79 Å². The molecular weight excluding hydrogens is 437 g/mol. The molecule has 0 spiro atoms. The molecule has 10 heteroatoms. The molecule has 1 aliphatic rings. The Balaban J connectivity index is 1.85. The molecule has 1 aliphatic heterocycles. The minimum Gasteiger partial charge on any atom is -0.386 e. The average molecular weight is 458 g/mol. The third-order valence-electron chi connectivity index (χ3n) is 5.00. The van der Waals surface area contributed by atoms with Crippen molar-refractivity contribution in [2.24, 2.45) is 10.7 Å². The first-order chi connectivity index (χ1) is 13.4. The Kier molecular flexibility index (Phi) is 5.53. The molecule has 156 valence electrons. The summed E-state index contributed by atoms with van der Waals surface area (Å²) in [5.74, 6) is -0.969. The summed E-state index contributed by atoms with van der Waals surface area (Å²) in [5.41, 5.74) is 5.54. The topological polar surface area (TPSA) is 102 Å². The van der Waals surface area contributed by atoms with Crippen molar-refractivity contribution in [2.45, 2.75) is 37.6 Å². The van der Waals surface area contributed by atoms with Crippen LogP contribution in [-0.4, -0.2) is 30.7 Å². The number of nitrogens with two attached hydrogens (primary N) is 1. The zero-order valence-electron chi connectivity index (χ0n) is 16.1. The van der Waals surface area contributed by atoms with E-state index in [4.69, 9.17) is 17.3 Å². The van der Waals surface area contributed by atoms with Crippen LogP contribution in [0.15, 0.2) is 35.3 Å². The van der Waals surface area contributed by atoms with Gasteiger partial charge in [0.25, 0.3) is 5.91 Å². The molecule has 3 rings (SSSR count). The first-order valence-corrected chi connectivity index (χ1v) is 11.6. The van der Waals surface area contributed by atoms with Gasteiger partial charge in [0.2, 0.25) is 0 Å². The monoisotopic (exact) mass is 457 g/mol. The number of amides is 1. The Morgan fingerprint density at radius 2 is 1.93 bits per heavy atom. The van der Waals surface area contributed by atoms with Gasteiger partial charge in [0.1, 0.15) is 21.9 Å². The molecular formula is C19H21ClFN3O3S2. The predicted molar refractivity (Wildman–Crippen MR) is 114 cm³/mol. The number of halogens is 2. The van der Waals surface area contributed by atoms with Crippen LogP contribution in [0, 0.1) is 5.82 Å². The molecule has 2 heterocycles. The summed E-state index contributed by atoms with van der Waals surface area (Å²) >= 11 is 7.42. The highest BCUT2D eigenvalue weighted by atomic mass is 35.5. The summed E-state index contributed by atoms with van der Waals surface area (Å²) in [6.45, 7) is 4.90. The molecule has 0 aliphatic carbocycles. The van der Waals surface area contributed by atoms with Gasteiger partial charge in [0.05, 0.1) is 20.5 Å². The summed E-state index contributed by atoms with van der Waals surface area (Å²) < 4.78 is 37.2. The Hall–Kier alpha value is -1.97. The molecule has 2 aromatic rings. The normalized spacial score (nSPS) is 22.7. The summed E-state index contributed by atoms with van der Waals surface area (Å²) in [6.07, 6.45) is 0. The van der Waals surface area contributed by atoms with Crippen molar-refractivity contribution in [3.8, 4) is 0 Å². The molecule has 6 nitrogen and oxygen atoms in total. The molecule has 3 N–H and O–H groups in total. The van der Waals surface area contributed by atoms with Crippen molar-refractivity contribution in [2.75, 3.05) is 5.75 Å². The molecule has 0 fully saturated rings. The molecule has 1 aromatic carbocycles. The van der Waals surface area contributed by atoms with Crippen LogP contribution in [-0.2, 0) is 21.9 Å². The van der Waals surface area contributed by atoms with E-state index in [1.807, 2.05) is 0 Å². The maximum Gasteiger partial charge on any atom is 0.261 e. The molecule has 0 saturated carbocycles. The van der Waals surface area contributed by atoms with Gasteiger partial charge in [-0.2, -0.15) is 0 Å². The highest BCUT2D eigenvalue weighted by Crippen LogP contribution is 2.43. The minimum absolute atomic E-state index is 0.0121. The van der Waals surface area contributed by atoms with Crippen molar-refractivity contribution in [1.82, 2.24) is 5.32 Å². The second-order valence-electron chi connectivity index (χ2n) is 7.64. The lowest BCUT2D eigenvalue weighted by atomic mass is 10.0. The predicted octanol–water partition coefficient (Wildman–Crippen LogP) is 3.25. The Bertz CT molecular complexity index is 1090. The number of hydrogen-bond acceptors (Lipinski definition) is 6. The molecule has 1 amide bonds. The van der Waals surface area contributed by atoms with Crippen LogP contribution < -0.4 is 11.1 Å². The molecule has 1 atom stereocenters. The summed E-state index contributed by atoms with van der Waals surface area (Å²) in [5, 5.41) is 3.00. The first kappa shape index (κ1) is 21.7. The van der Waals surface area contributed by atoms with Crippen molar-refractivity contribution in [3.63, 3.8) is 0 Å². The molecule has 0 bridgehead atoms. The van der Waals surface area contributed by atoms with Crippen molar-refractivity contribution in [3.05, 3.63) is 56.5 Å². The lowest BCUT2D eigenvalue weighted by Crippen LogP contribution is -2.54. The number of thiophene rings is 1. The standard InChI is InChI=1S/C19H21ClFN3O3S2/c1-18(2)17(22)24-19(3,10-29(18,26)27)15-13(20)8-14(28-15)16(25)23-9-11-4-6-12(21)7-5-11/h4-8H,9-10H2,1-3H3,(H2,22,24)(H,23,25)/t19-/m0/s1. The van der Waals surface area contributed by atoms with E-state index in [1.54, 1.807) is 19.1 Å². The molecule has 1 aromatic heterocycles. The number of aliphatic imine (C=N–C) groups is 1. The van der Waals surface area contributed by atoms with Gasteiger partial charge < -0.3 is 11.1 Å². The first-order valence-electron chi connectivity index (χ1n) is 8.76. The van der Waals surface area contributed by atoms with E-state index >= 15 is 0 Å². The van der Waals surface area contributed by atoms with Crippen LogP contribution >= 0.6 is 22.9 Å². The van der Waals surface area contributed by atoms with Crippen LogP contribution in [0.3, 0.4) is 0 Å². The Labute approximate surface area is 177 Å². The van der Waals surface area contributed by atoms with Gasteiger partial charge in [-0.15, -0.1) is 11.3 Å². The summed E-state index contributed by atoms with van der Waals surface area (Å²) in [6, 6.07) is 7.28. The van der Waals surface area contributed by atoms with Crippen LogP contribution in [0.5, 0.6) is 0 Å². The van der Waals surface area contributed by atoms with Crippen molar-refractivity contribution in [1.29, 1.82) is 0 Å². The van der Waals surface area contributed by atoms with Gasteiger partial charge in [-0.1, -0.05) is 23.7 Å². The van der Waals surface area contributed by atoms with Gasteiger partial charge in [0.15, 0.2) is 9.84 Å². The third-order valence-corrected chi connectivity index (χ3v) is 9.50. The number of rotatable bonds is 4. The number of amidine groups is 1. The zero-order chi connectivity index (χ0) is 21.6. The van der Waals surface area contributed by atoms with Crippen LogP contribution in [0.25, 0.3) is 0 Å². The smallest absolute Gasteiger partial charge is 0.261 e. The zero-order valence-corrected chi connectivity index (χ0v) is 18.5. The quantitative estimate of drug-likeness (QED) is 0.735. The van der Waals surface area contributed by atoms with E-state index in [0.29, 0.717) is 9.75 Å². The number of nitrogens with zero attached hydrogens (tertiary/aromatic N) is 1. The van der Waals surface area contributed by atoms with Crippen LogP contribution in [0.4, 0.5) is 4.39 Å². The molecule has 0 radical (unpaired) electrons. The van der Waals surface area contributed by atoms with Crippen LogP contribution in [0.2, 0.25) is 5.02 Å². The number of nitrogens with one attached hydrogen (secondary N) is 1. The lowest BCUT2D eigenvalue weighted by molar-refractivity contribution is 0.0955. The van der Waals surface area contributed by atoms with Gasteiger partial charge in [0, 0.05) is 6.54 Å².